The van der Waals surface area contributed by atoms with E-state index >= 15 is 0 Å². The topological polar surface area (TPSA) is 15.3 Å². The molecule has 0 spiro atoms. The van der Waals surface area contributed by atoms with Crippen LogP contribution in [0.3, 0.4) is 0 Å². The van der Waals surface area contributed by atoms with Crippen molar-refractivity contribution in [2.75, 3.05) is 31.1 Å². The fourth-order valence-electron chi connectivity index (χ4n) is 2.42. The number of hydrogen-bond acceptors (Lipinski definition) is 2. The Hall–Kier alpha value is -1.61. The Kier molecular flexibility index (Phi) is 2.69. The van der Waals surface area contributed by atoms with E-state index < -0.39 is 0 Å². The maximum atomic E-state index is 13.2. The summed E-state index contributed by atoms with van der Waals surface area (Å²) in [5.41, 5.74) is 1.21. The van der Waals surface area contributed by atoms with Crippen LogP contribution in [0.1, 0.15) is 0 Å². The molecule has 0 atom stereocenters. The molecule has 2 aromatic rings. The maximum absolute atomic E-state index is 13.2. The molecule has 88 valence electrons. The molecule has 17 heavy (non-hydrogen) atoms. The van der Waals surface area contributed by atoms with E-state index in [1.54, 1.807) is 6.07 Å². The van der Waals surface area contributed by atoms with Gasteiger partial charge < -0.3 is 10.2 Å². The van der Waals surface area contributed by atoms with Crippen molar-refractivity contribution in [1.29, 1.82) is 0 Å². The minimum absolute atomic E-state index is 0.171. The maximum Gasteiger partial charge on any atom is 0.123 e. The molecule has 2 aromatic carbocycles. The molecule has 1 aliphatic rings. The van der Waals surface area contributed by atoms with Gasteiger partial charge in [0.25, 0.3) is 0 Å². The third-order valence-corrected chi connectivity index (χ3v) is 3.28. The Morgan fingerprint density at radius 3 is 2.71 bits per heavy atom. The lowest BCUT2D eigenvalue weighted by molar-refractivity contribution is 0.590. The number of fused-ring (bicyclic) bond motifs is 1. The van der Waals surface area contributed by atoms with Gasteiger partial charge >= 0.3 is 0 Å². The van der Waals surface area contributed by atoms with Gasteiger partial charge in [0.1, 0.15) is 5.82 Å². The molecule has 1 aliphatic heterocycles. The standard InChI is InChI=1S/C14H15FN2/c15-12-4-5-13-11(10-12)2-1-3-14(13)17-8-6-16-7-9-17/h1-5,10,16H,6-9H2. The van der Waals surface area contributed by atoms with Gasteiger partial charge in [-0.25, -0.2) is 4.39 Å². The molecule has 1 N–H and O–H groups in total. The van der Waals surface area contributed by atoms with E-state index in [1.165, 1.54) is 11.8 Å². The molecule has 0 aliphatic carbocycles. The van der Waals surface area contributed by atoms with Crippen LogP contribution in [0.5, 0.6) is 0 Å². The highest BCUT2D eigenvalue weighted by Gasteiger charge is 2.12. The first-order valence-corrected chi connectivity index (χ1v) is 5.98. The van der Waals surface area contributed by atoms with Crippen molar-refractivity contribution in [2.45, 2.75) is 0 Å². The zero-order valence-corrected chi connectivity index (χ0v) is 9.62. The molecule has 3 heteroatoms. The first-order chi connectivity index (χ1) is 8.34. The Morgan fingerprint density at radius 2 is 1.88 bits per heavy atom. The summed E-state index contributed by atoms with van der Waals surface area (Å²) in [6.45, 7) is 4.04. The lowest BCUT2D eigenvalue weighted by Crippen LogP contribution is -2.43. The summed E-state index contributed by atoms with van der Waals surface area (Å²) in [6, 6.07) is 11.1. The summed E-state index contributed by atoms with van der Waals surface area (Å²) in [4.78, 5) is 2.36. The molecule has 2 nitrogen and oxygen atoms in total. The van der Waals surface area contributed by atoms with Crippen molar-refractivity contribution in [1.82, 2.24) is 5.32 Å². The SMILES string of the molecule is Fc1ccc2c(N3CCNCC3)cccc2c1. The van der Waals surface area contributed by atoms with Crippen LogP contribution in [0.25, 0.3) is 10.8 Å². The van der Waals surface area contributed by atoms with Crippen molar-refractivity contribution in [3.63, 3.8) is 0 Å². The number of benzene rings is 2. The molecule has 0 bridgehead atoms. The Morgan fingerprint density at radius 1 is 1.06 bits per heavy atom. The van der Waals surface area contributed by atoms with Crippen LogP contribution in [-0.4, -0.2) is 26.2 Å². The lowest BCUT2D eigenvalue weighted by Gasteiger charge is -2.30. The Labute approximate surface area is 100 Å². The zero-order chi connectivity index (χ0) is 11.7. The first-order valence-electron chi connectivity index (χ1n) is 5.98. The van der Waals surface area contributed by atoms with Crippen LogP contribution < -0.4 is 10.2 Å². The van der Waals surface area contributed by atoms with Gasteiger partial charge in [0.2, 0.25) is 0 Å². The van der Waals surface area contributed by atoms with E-state index in [-0.39, 0.29) is 5.82 Å². The second kappa shape index (κ2) is 4.34. The molecular formula is C14H15FN2. The number of rotatable bonds is 1. The Bertz CT molecular complexity index is 533. The van der Waals surface area contributed by atoms with Crippen molar-refractivity contribution >= 4 is 16.5 Å². The van der Waals surface area contributed by atoms with E-state index in [4.69, 9.17) is 0 Å². The van der Waals surface area contributed by atoms with Crippen molar-refractivity contribution in [2.24, 2.45) is 0 Å². The van der Waals surface area contributed by atoms with Crippen LogP contribution in [-0.2, 0) is 0 Å². The van der Waals surface area contributed by atoms with E-state index in [0.717, 1.165) is 37.0 Å². The van der Waals surface area contributed by atoms with Gasteiger partial charge in [-0.05, 0) is 29.7 Å². The second-order valence-corrected chi connectivity index (χ2v) is 4.38. The van der Waals surface area contributed by atoms with E-state index in [2.05, 4.69) is 16.3 Å². The molecule has 0 aromatic heterocycles. The van der Waals surface area contributed by atoms with Gasteiger partial charge in [-0.1, -0.05) is 12.1 Å². The number of nitrogens with one attached hydrogen (secondary N) is 1. The van der Waals surface area contributed by atoms with Crippen molar-refractivity contribution in [3.05, 3.63) is 42.2 Å². The Balaban J connectivity index is 2.09. The van der Waals surface area contributed by atoms with Crippen molar-refractivity contribution in [3.8, 4) is 0 Å². The highest BCUT2D eigenvalue weighted by atomic mass is 19.1. The smallest absolute Gasteiger partial charge is 0.123 e. The first kappa shape index (κ1) is 10.5. The largest absolute Gasteiger partial charge is 0.368 e. The van der Waals surface area contributed by atoms with Crippen LogP contribution in [0.15, 0.2) is 36.4 Å². The van der Waals surface area contributed by atoms with Crippen LogP contribution in [0.4, 0.5) is 10.1 Å². The highest BCUT2D eigenvalue weighted by molar-refractivity contribution is 5.94. The molecule has 0 radical (unpaired) electrons. The molecule has 1 heterocycles. The normalized spacial score (nSPS) is 16.4. The summed E-state index contributed by atoms with van der Waals surface area (Å²) in [5.74, 6) is -0.171. The average molecular weight is 230 g/mol. The fourth-order valence-corrected chi connectivity index (χ4v) is 2.42. The van der Waals surface area contributed by atoms with E-state index in [0.29, 0.717) is 0 Å². The summed E-state index contributed by atoms with van der Waals surface area (Å²) in [5, 5.41) is 5.45. The average Bonchev–Trinajstić information content (AvgIpc) is 2.39. The summed E-state index contributed by atoms with van der Waals surface area (Å²) in [7, 11) is 0. The van der Waals surface area contributed by atoms with Crippen molar-refractivity contribution < 1.29 is 4.39 Å². The van der Waals surface area contributed by atoms with Crippen LogP contribution >= 0.6 is 0 Å². The lowest BCUT2D eigenvalue weighted by atomic mass is 10.1. The molecular weight excluding hydrogens is 215 g/mol. The highest BCUT2D eigenvalue weighted by Crippen LogP contribution is 2.27. The minimum Gasteiger partial charge on any atom is -0.368 e. The molecule has 0 saturated carbocycles. The van der Waals surface area contributed by atoms with Gasteiger partial charge in [0.05, 0.1) is 0 Å². The van der Waals surface area contributed by atoms with E-state index in [1.807, 2.05) is 18.2 Å². The minimum atomic E-state index is -0.171. The predicted octanol–water partition coefficient (Wildman–Crippen LogP) is 2.39. The second-order valence-electron chi connectivity index (χ2n) is 4.38. The summed E-state index contributed by atoms with van der Waals surface area (Å²) in [6.07, 6.45) is 0. The number of nitrogens with zero attached hydrogens (tertiary/aromatic N) is 1. The molecule has 1 saturated heterocycles. The zero-order valence-electron chi connectivity index (χ0n) is 9.62. The van der Waals surface area contributed by atoms with Gasteiger partial charge in [0.15, 0.2) is 0 Å². The number of piperazine rings is 1. The summed E-state index contributed by atoms with van der Waals surface area (Å²) >= 11 is 0. The molecule has 1 fully saturated rings. The van der Waals surface area contributed by atoms with Gasteiger partial charge in [-0.15, -0.1) is 0 Å². The molecule has 0 unspecified atom stereocenters. The van der Waals surface area contributed by atoms with Gasteiger partial charge in [-0.3, -0.25) is 0 Å². The van der Waals surface area contributed by atoms with Crippen LogP contribution in [0, 0.1) is 5.82 Å². The number of halogens is 1. The third-order valence-electron chi connectivity index (χ3n) is 3.28. The van der Waals surface area contributed by atoms with E-state index in [9.17, 15) is 4.39 Å². The van der Waals surface area contributed by atoms with Crippen LogP contribution in [0.2, 0.25) is 0 Å². The fraction of sp³-hybridized carbons (Fsp3) is 0.286. The number of hydrogen-bond donors (Lipinski definition) is 1. The van der Waals surface area contributed by atoms with Gasteiger partial charge in [-0.2, -0.15) is 0 Å². The molecule has 0 amide bonds. The van der Waals surface area contributed by atoms with Gasteiger partial charge in [0, 0.05) is 37.3 Å². The third kappa shape index (κ3) is 1.98. The quantitative estimate of drug-likeness (QED) is 0.809. The monoisotopic (exact) mass is 230 g/mol. The summed E-state index contributed by atoms with van der Waals surface area (Å²) < 4.78 is 13.2. The predicted molar refractivity (Wildman–Crippen MR) is 69.0 cm³/mol. The number of anilines is 1. The molecule has 3 rings (SSSR count).